The first kappa shape index (κ1) is 18.1. The van der Waals surface area contributed by atoms with Crippen molar-refractivity contribution in [3.63, 3.8) is 0 Å². The van der Waals surface area contributed by atoms with Crippen LogP contribution in [0.2, 0.25) is 0 Å². The highest BCUT2D eigenvalue weighted by atomic mass is 32.1. The molecule has 1 saturated carbocycles. The average Bonchev–Trinajstić information content (AvgIpc) is 3.27. The van der Waals surface area contributed by atoms with Gasteiger partial charge < -0.3 is 10.6 Å². The minimum atomic E-state index is -0.149. The van der Waals surface area contributed by atoms with Gasteiger partial charge in [0, 0.05) is 16.2 Å². The van der Waals surface area contributed by atoms with Crippen molar-refractivity contribution in [1.29, 1.82) is 0 Å². The van der Waals surface area contributed by atoms with Crippen LogP contribution in [0.5, 0.6) is 0 Å². The molecule has 5 nitrogen and oxygen atoms in total. The summed E-state index contributed by atoms with van der Waals surface area (Å²) in [7, 11) is 0. The first-order valence-electron chi connectivity index (χ1n) is 8.67. The molecule has 1 aliphatic carbocycles. The van der Waals surface area contributed by atoms with Crippen molar-refractivity contribution >= 4 is 34.5 Å². The number of amides is 2. The lowest BCUT2D eigenvalue weighted by atomic mass is 9.89. The summed E-state index contributed by atoms with van der Waals surface area (Å²) in [4.78, 5) is 30.7. The molecule has 0 unspecified atom stereocenters. The van der Waals surface area contributed by atoms with Gasteiger partial charge in [0.2, 0.25) is 11.8 Å². The van der Waals surface area contributed by atoms with Crippen LogP contribution in [-0.2, 0) is 16.1 Å². The van der Waals surface area contributed by atoms with E-state index in [0.717, 1.165) is 46.1 Å². The van der Waals surface area contributed by atoms with Crippen molar-refractivity contribution < 1.29 is 9.59 Å². The Morgan fingerprint density at radius 1 is 1.20 bits per heavy atom. The summed E-state index contributed by atoms with van der Waals surface area (Å²) in [5.41, 5.74) is 0.991. The Hall–Kier alpha value is -1.73. The first-order valence-corrected chi connectivity index (χ1v) is 10.4. The number of carbonyl (C=O) groups is 2. The Balaban J connectivity index is 1.41. The van der Waals surface area contributed by atoms with E-state index in [4.69, 9.17) is 0 Å². The Kier molecular flexibility index (Phi) is 6.20. The van der Waals surface area contributed by atoms with Crippen molar-refractivity contribution in [2.45, 2.75) is 45.6 Å². The summed E-state index contributed by atoms with van der Waals surface area (Å²) >= 11 is 3.26. The zero-order valence-electron chi connectivity index (χ0n) is 14.3. The van der Waals surface area contributed by atoms with Gasteiger partial charge in [-0.3, -0.25) is 9.59 Å². The molecule has 0 aliphatic heterocycles. The summed E-state index contributed by atoms with van der Waals surface area (Å²) in [5, 5.41) is 8.73. The van der Waals surface area contributed by atoms with Gasteiger partial charge in [-0.15, -0.1) is 22.7 Å². The second-order valence-electron chi connectivity index (χ2n) is 6.35. The number of rotatable bonds is 6. The number of thiazole rings is 1. The van der Waals surface area contributed by atoms with Crippen LogP contribution in [0.15, 0.2) is 17.5 Å². The zero-order chi connectivity index (χ0) is 17.6. The predicted octanol–water partition coefficient (Wildman–Crippen LogP) is 3.49. The minimum absolute atomic E-state index is 0.0205. The van der Waals surface area contributed by atoms with Crippen LogP contribution in [0.4, 0.5) is 0 Å². The minimum Gasteiger partial charge on any atom is -0.350 e. The number of thiophene rings is 1. The third-order valence-corrected chi connectivity index (χ3v) is 6.27. The number of aryl methyl sites for hydroxylation is 1. The fourth-order valence-electron chi connectivity index (χ4n) is 3.01. The topological polar surface area (TPSA) is 71.1 Å². The Bertz CT molecular complexity index is 732. The molecular formula is C18H23N3O2S2. The van der Waals surface area contributed by atoms with Crippen molar-refractivity contribution in [2.24, 2.45) is 5.92 Å². The fourth-order valence-corrected chi connectivity index (χ4v) is 4.61. The Morgan fingerprint density at radius 3 is 2.72 bits per heavy atom. The van der Waals surface area contributed by atoms with E-state index in [1.165, 1.54) is 6.42 Å². The highest BCUT2D eigenvalue weighted by Gasteiger charge is 2.21. The highest BCUT2D eigenvalue weighted by molar-refractivity contribution is 7.16. The molecule has 0 radical (unpaired) electrons. The number of carbonyl (C=O) groups excluding carboxylic acids is 2. The van der Waals surface area contributed by atoms with E-state index in [1.807, 2.05) is 24.4 Å². The Labute approximate surface area is 155 Å². The largest absolute Gasteiger partial charge is 0.350 e. The molecule has 0 bridgehead atoms. The average molecular weight is 378 g/mol. The van der Waals surface area contributed by atoms with Gasteiger partial charge in [-0.25, -0.2) is 4.98 Å². The molecular weight excluding hydrogens is 354 g/mol. The van der Waals surface area contributed by atoms with Gasteiger partial charge in [0.1, 0.15) is 0 Å². The van der Waals surface area contributed by atoms with Crippen LogP contribution >= 0.6 is 22.7 Å². The second-order valence-corrected chi connectivity index (χ2v) is 8.58. The highest BCUT2D eigenvalue weighted by Crippen LogP contribution is 2.29. The second kappa shape index (κ2) is 8.58. The molecule has 0 aromatic carbocycles. The van der Waals surface area contributed by atoms with Crippen LogP contribution in [0.25, 0.3) is 10.6 Å². The number of aromatic nitrogens is 1. The van der Waals surface area contributed by atoms with E-state index in [0.29, 0.717) is 6.54 Å². The summed E-state index contributed by atoms with van der Waals surface area (Å²) < 4.78 is 0. The van der Waals surface area contributed by atoms with Gasteiger partial charge in [0.05, 0.1) is 28.7 Å². The maximum atomic E-state index is 12.0. The van der Waals surface area contributed by atoms with E-state index in [-0.39, 0.29) is 24.3 Å². The third-order valence-electron chi connectivity index (χ3n) is 4.39. The summed E-state index contributed by atoms with van der Waals surface area (Å²) in [6.07, 6.45) is 5.34. The standard InChI is InChI=1S/C18H23N3O2S2/c1-12-21-15(11-24-12)16-8-7-14(25-16)9-19-17(22)10-20-18(23)13-5-3-2-4-6-13/h7-8,11,13H,2-6,9-10H2,1H3,(H,19,22)(H,20,23). The van der Waals surface area contributed by atoms with Gasteiger partial charge in [0.25, 0.3) is 0 Å². The van der Waals surface area contributed by atoms with E-state index in [1.54, 1.807) is 22.7 Å². The van der Waals surface area contributed by atoms with E-state index >= 15 is 0 Å². The molecule has 2 aromatic heterocycles. The van der Waals surface area contributed by atoms with Crippen LogP contribution in [-0.4, -0.2) is 23.3 Å². The van der Waals surface area contributed by atoms with Gasteiger partial charge in [-0.05, 0) is 31.9 Å². The molecule has 2 N–H and O–H groups in total. The van der Waals surface area contributed by atoms with Crippen LogP contribution in [0.3, 0.4) is 0 Å². The van der Waals surface area contributed by atoms with Crippen LogP contribution in [0.1, 0.15) is 42.0 Å². The monoisotopic (exact) mass is 377 g/mol. The fraction of sp³-hybridized carbons (Fsp3) is 0.500. The van der Waals surface area contributed by atoms with Crippen molar-refractivity contribution in [3.05, 3.63) is 27.4 Å². The molecule has 2 amide bonds. The predicted molar refractivity (Wildman–Crippen MR) is 102 cm³/mol. The summed E-state index contributed by atoms with van der Waals surface area (Å²) in [6.45, 7) is 2.52. The molecule has 1 fully saturated rings. The zero-order valence-corrected chi connectivity index (χ0v) is 16.0. The van der Waals surface area contributed by atoms with Gasteiger partial charge >= 0.3 is 0 Å². The Morgan fingerprint density at radius 2 is 2.00 bits per heavy atom. The maximum Gasteiger partial charge on any atom is 0.239 e. The quantitative estimate of drug-likeness (QED) is 0.809. The molecule has 1 aliphatic rings. The third kappa shape index (κ3) is 5.12. The first-order chi connectivity index (χ1) is 12.1. The van der Waals surface area contributed by atoms with E-state index in [9.17, 15) is 9.59 Å². The SMILES string of the molecule is Cc1nc(-c2ccc(CNC(=O)CNC(=O)C3CCCCC3)s2)cs1. The number of hydrogen-bond acceptors (Lipinski definition) is 5. The maximum absolute atomic E-state index is 12.0. The molecule has 2 heterocycles. The lowest BCUT2D eigenvalue weighted by Crippen LogP contribution is -2.39. The molecule has 0 atom stereocenters. The summed E-state index contributed by atoms with van der Waals surface area (Å²) in [6, 6.07) is 4.04. The number of nitrogens with one attached hydrogen (secondary N) is 2. The van der Waals surface area contributed by atoms with Gasteiger partial charge in [0.15, 0.2) is 0 Å². The normalized spacial score (nSPS) is 15.1. The lowest BCUT2D eigenvalue weighted by molar-refractivity contribution is -0.129. The van der Waals surface area contributed by atoms with Gasteiger partial charge in [-0.2, -0.15) is 0 Å². The van der Waals surface area contributed by atoms with E-state index in [2.05, 4.69) is 15.6 Å². The molecule has 134 valence electrons. The molecule has 7 heteroatoms. The van der Waals surface area contributed by atoms with Crippen molar-refractivity contribution in [2.75, 3.05) is 6.54 Å². The van der Waals surface area contributed by atoms with Gasteiger partial charge in [-0.1, -0.05) is 19.3 Å². The van der Waals surface area contributed by atoms with Crippen LogP contribution in [0, 0.1) is 12.8 Å². The molecule has 0 saturated heterocycles. The molecule has 25 heavy (non-hydrogen) atoms. The lowest BCUT2D eigenvalue weighted by Gasteiger charge is -2.20. The number of nitrogens with zero attached hydrogens (tertiary/aromatic N) is 1. The summed E-state index contributed by atoms with van der Waals surface area (Å²) in [5.74, 6) is -0.0428. The number of hydrogen-bond donors (Lipinski definition) is 2. The molecule has 3 rings (SSSR count). The van der Waals surface area contributed by atoms with E-state index < -0.39 is 0 Å². The van der Waals surface area contributed by atoms with Crippen LogP contribution < -0.4 is 10.6 Å². The molecule has 0 spiro atoms. The van der Waals surface area contributed by atoms with Crippen molar-refractivity contribution in [1.82, 2.24) is 15.6 Å². The van der Waals surface area contributed by atoms with Crippen molar-refractivity contribution in [3.8, 4) is 10.6 Å². The smallest absolute Gasteiger partial charge is 0.239 e. The molecule has 2 aromatic rings.